The van der Waals surface area contributed by atoms with Crippen LogP contribution in [0.1, 0.15) is 49.8 Å². The highest BCUT2D eigenvalue weighted by atomic mass is 79.9. The molecule has 0 aromatic heterocycles. The van der Waals surface area contributed by atoms with Crippen molar-refractivity contribution in [2.45, 2.75) is 44.7 Å². The smallest absolute Gasteiger partial charge is 0.295 e. The molecule has 0 spiro atoms. The quantitative estimate of drug-likeness (QED) is 0.335. The second-order valence-electron chi connectivity index (χ2n) is 8.00. The minimum absolute atomic E-state index is 0.0177. The molecule has 1 unspecified atom stereocenters. The molecule has 1 atom stereocenters. The third-order valence-electron chi connectivity index (χ3n) is 6.13. The first kappa shape index (κ1) is 22.4. The van der Waals surface area contributed by atoms with Crippen molar-refractivity contribution in [2.75, 3.05) is 13.7 Å². The van der Waals surface area contributed by atoms with Gasteiger partial charge in [0.25, 0.3) is 11.7 Å². The van der Waals surface area contributed by atoms with Crippen molar-refractivity contribution in [3.63, 3.8) is 0 Å². The van der Waals surface area contributed by atoms with Crippen molar-refractivity contribution >= 4 is 33.4 Å². The molecule has 168 valence electrons. The molecule has 2 aromatic carbocycles. The molecule has 32 heavy (non-hydrogen) atoms. The average molecular weight is 500 g/mol. The molecule has 6 nitrogen and oxygen atoms in total. The Labute approximate surface area is 196 Å². The zero-order valence-electron chi connectivity index (χ0n) is 18.1. The van der Waals surface area contributed by atoms with Gasteiger partial charge in [0.1, 0.15) is 17.3 Å². The van der Waals surface area contributed by atoms with Crippen LogP contribution in [0.4, 0.5) is 0 Å². The van der Waals surface area contributed by atoms with E-state index in [2.05, 4.69) is 15.9 Å². The molecule has 2 aromatic rings. The minimum atomic E-state index is -0.653. The Kier molecular flexibility index (Phi) is 6.55. The van der Waals surface area contributed by atoms with E-state index in [1.807, 2.05) is 31.2 Å². The largest absolute Gasteiger partial charge is 0.507 e. The summed E-state index contributed by atoms with van der Waals surface area (Å²) in [7, 11) is 1.55. The van der Waals surface area contributed by atoms with Crippen LogP contribution in [0.3, 0.4) is 0 Å². The zero-order chi connectivity index (χ0) is 22.8. The van der Waals surface area contributed by atoms with E-state index >= 15 is 0 Å². The maximum absolute atomic E-state index is 13.2. The van der Waals surface area contributed by atoms with Gasteiger partial charge in [-0.05, 0) is 71.6 Å². The maximum Gasteiger partial charge on any atom is 0.295 e. The number of carbonyl (C=O) groups excluding carboxylic acids is 2. The molecule has 1 heterocycles. The van der Waals surface area contributed by atoms with Gasteiger partial charge in [0.2, 0.25) is 0 Å². The van der Waals surface area contributed by atoms with E-state index in [0.29, 0.717) is 28.1 Å². The number of ketones is 1. The monoisotopic (exact) mass is 499 g/mol. The maximum atomic E-state index is 13.2. The summed E-state index contributed by atoms with van der Waals surface area (Å²) < 4.78 is 11.5. The minimum Gasteiger partial charge on any atom is -0.507 e. The number of amides is 1. The molecular weight excluding hydrogens is 474 g/mol. The molecule has 1 N–H and O–H groups in total. The Morgan fingerprint density at radius 1 is 1.12 bits per heavy atom. The van der Waals surface area contributed by atoms with Crippen molar-refractivity contribution in [1.29, 1.82) is 0 Å². The van der Waals surface area contributed by atoms with Gasteiger partial charge >= 0.3 is 0 Å². The summed E-state index contributed by atoms with van der Waals surface area (Å²) in [5, 5.41) is 11.2. The zero-order valence-corrected chi connectivity index (χ0v) is 19.7. The van der Waals surface area contributed by atoms with Gasteiger partial charge in [-0.25, -0.2) is 0 Å². The summed E-state index contributed by atoms with van der Waals surface area (Å²) >= 11 is 3.42. The summed E-state index contributed by atoms with van der Waals surface area (Å²) in [6, 6.07) is 11.8. The lowest BCUT2D eigenvalue weighted by Crippen LogP contribution is -2.37. The number of rotatable bonds is 6. The number of aliphatic hydroxyl groups is 1. The lowest BCUT2D eigenvalue weighted by atomic mass is 9.94. The number of carbonyl (C=O) groups is 2. The number of hydrogen-bond donors (Lipinski definition) is 1. The van der Waals surface area contributed by atoms with Crippen LogP contribution in [0, 0.1) is 0 Å². The van der Waals surface area contributed by atoms with Crippen molar-refractivity contribution in [3.8, 4) is 11.5 Å². The first-order chi connectivity index (χ1) is 15.5. The lowest BCUT2D eigenvalue weighted by Gasteiger charge is -2.30. The van der Waals surface area contributed by atoms with E-state index < -0.39 is 17.7 Å². The molecule has 0 bridgehead atoms. The molecule has 7 heteroatoms. The Morgan fingerprint density at radius 3 is 2.41 bits per heavy atom. The highest BCUT2D eigenvalue weighted by Gasteiger charge is 2.49. The van der Waals surface area contributed by atoms with E-state index in [0.717, 1.165) is 31.2 Å². The first-order valence-electron chi connectivity index (χ1n) is 10.8. The van der Waals surface area contributed by atoms with Crippen LogP contribution in [-0.4, -0.2) is 41.5 Å². The van der Waals surface area contributed by atoms with Gasteiger partial charge in [-0.2, -0.15) is 0 Å². The predicted molar refractivity (Wildman–Crippen MR) is 125 cm³/mol. The summed E-state index contributed by atoms with van der Waals surface area (Å²) in [6.45, 7) is 2.46. The van der Waals surface area contributed by atoms with Crippen LogP contribution in [-0.2, 0) is 9.59 Å². The summed E-state index contributed by atoms with van der Waals surface area (Å²) in [4.78, 5) is 28.0. The Hall–Kier alpha value is -2.80. The van der Waals surface area contributed by atoms with Crippen LogP contribution in [0.15, 0.2) is 52.5 Å². The van der Waals surface area contributed by atoms with Crippen molar-refractivity contribution < 1.29 is 24.2 Å². The molecule has 4 rings (SSSR count). The van der Waals surface area contributed by atoms with E-state index in [1.54, 1.807) is 30.2 Å². The number of Topliss-reactive ketones (excluding diaryl/α,β-unsaturated/α-hetero) is 1. The second kappa shape index (κ2) is 9.36. The number of nitrogens with zero attached hydrogens (tertiary/aromatic N) is 1. The lowest BCUT2D eigenvalue weighted by molar-refractivity contribution is -0.141. The Bertz CT molecular complexity index is 1060. The van der Waals surface area contributed by atoms with Crippen LogP contribution in [0.2, 0.25) is 0 Å². The second-order valence-corrected chi connectivity index (χ2v) is 8.85. The van der Waals surface area contributed by atoms with Crippen LogP contribution < -0.4 is 9.47 Å². The molecule has 2 fully saturated rings. The Morgan fingerprint density at radius 2 is 1.81 bits per heavy atom. The molecule has 1 saturated heterocycles. The number of methoxy groups -OCH3 is 1. The molecular formula is C25H26BrNO5. The van der Waals surface area contributed by atoms with E-state index in [1.165, 1.54) is 0 Å². The van der Waals surface area contributed by atoms with Crippen molar-refractivity contribution in [2.24, 2.45) is 0 Å². The van der Waals surface area contributed by atoms with Crippen LogP contribution in [0.25, 0.3) is 5.76 Å². The summed E-state index contributed by atoms with van der Waals surface area (Å²) in [5.41, 5.74) is 1.33. The molecule has 0 radical (unpaired) electrons. The standard InChI is InChI=1S/C25H26BrNO5/c1-3-32-18-11-8-15(9-12-18)22-21(23(28)16-10-13-20(31-2)19(26)14-16)24(29)25(30)27(22)17-6-4-5-7-17/h8-14,17,22,28H,3-7H2,1-2H3/b23-21-. The molecule has 1 amide bonds. The Balaban J connectivity index is 1.84. The predicted octanol–water partition coefficient (Wildman–Crippen LogP) is 5.22. The van der Waals surface area contributed by atoms with E-state index in [9.17, 15) is 14.7 Å². The first-order valence-corrected chi connectivity index (χ1v) is 11.6. The average Bonchev–Trinajstić information content (AvgIpc) is 3.41. The molecule has 2 aliphatic rings. The summed E-state index contributed by atoms with van der Waals surface area (Å²) in [5.74, 6) is -0.0691. The van der Waals surface area contributed by atoms with Gasteiger partial charge in [-0.15, -0.1) is 0 Å². The topological polar surface area (TPSA) is 76.1 Å². The van der Waals surface area contributed by atoms with Crippen molar-refractivity contribution in [3.05, 3.63) is 63.6 Å². The van der Waals surface area contributed by atoms with E-state index in [-0.39, 0.29) is 17.4 Å². The molecule has 1 saturated carbocycles. The van der Waals surface area contributed by atoms with Gasteiger partial charge in [0.05, 0.1) is 29.8 Å². The molecule has 1 aliphatic carbocycles. The number of ether oxygens (including phenoxy) is 2. The van der Waals surface area contributed by atoms with Gasteiger partial charge < -0.3 is 19.5 Å². The normalized spacial score (nSPS) is 20.7. The highest BCUT2D eigenvalue weighted by Crippen LogP contribution is 2.44. The van der Waals surface area contributed by atoms with E-state index in [4.69, 9.17) is 9.47 Å². The van der Waals surface area contributed by atoms with Crippen LogP contribution in [0.5, 0.6) is 11.5 Å². The SMILES string of the molecule is CCOc1ccc(C2/C(=C(/O)c3ccc(OC)c(Br)c3)C(=O)C(=O)N2C2CCCC2)cc1. The van der Waals surface area contributed by atoms with Gasteiger partial charge in [0, 0.05) is 11.6 Å². The van der Waals surface area contributed by atoms with Gasteiger partial charge in [-0.1, -0.05) is 25.0 Å². The highest BCUT2D eigenvalue weighted by molar-refractivity contribution is 9.10. The number of aliphatic hydroxyl groups excluding tert-OH is 1. The molecule has 1 aliphatic heterocycles. The fourth-order valence-electron chi connectivity index (χ4n) is 4.62. The fourth-order valence-corrected chi connectivity index (χ4v) is 5.16. The van der Waals surface area contributed by atoms with Crippen molar-refractivity contribution in [1.82, 2.24) is 4.90 Å². The van der Waals surface area contributed by atoms with Gasteiger partial charge in [0.15, 0.2) is 0 Å². The summed E-state index contributed by atoms with van der Waals surface area (Å²) in [6.07, 6.45) is 3.76. The van der Waals surface area contributed by atoms with Crippen LogP contribution >= 0.6 is 15.9 Å². The number of halogens is 1. The number of benzene rings is 2. The number of likely N-dealkylation sites (tertiary alicyclic amines) is 1. The van der Waals surface area contributed by atoms with Gasteiger partial charge in [-0.3, -0.25) is 9.59 Å². The third-order valence-corrected chi connectivity index (χ3v) is 6.75. The third kappa shape index (κ3) is 4.01. The fraction of sp³-hybridized carbons (Fsp3) is 0.360. The number of hydrogen-bond acceptors (Lipinski definition) is 5.